The molecule has 28 heavy (non-hydrogen) atoms. The van der Waals surface area contributed by atoms with Gasteiger partial charge >= 0.3 is 184 Å². The number of hydrogen-bond acceptors (Lipinski definition) is 2. The third-order valence-electron chi connectivity index (χ3n) is 5.83. The van der Waals surface area contributed by atoms with Crippen LogP contribution in [0.3, 0.4) is 0 Å². The van der Waals surface area contributed by atoms with Gasteiger partial charge in [-0.1, -0.05) is 0 Å². The van der Waals surface area contributed by atoms with Gasteiger partial charge in [0.25, 0.3) is 0 Å². The summed E-state index contributed by atoms with van der Waals surface area (Å²) in [7, 11) is 6.32. The standard InChI is InChI=1S/C13H9.C11H6BrO.S.Zr/c1-3-7-12-10(5-1)9-11-6-2-4-8-13(11)12;12-10-6-8-5-7-3-1-2-4-9(7)11(8)13-10;;/h1-5,7-8H,9H2;1-5,10H;;. The molecule has 0 amide bonds. The summed E-state index contributed by atoms with van der Waals surface area (Å²) < 4.78 is 9.02. The van der Waals surface area contributed by atoms with Crippen LogP contribution in [0.1, 0.15) is 11.1 Å². The van der Waals surface area contributed by atoms with E-state index in [0.717, 1.165) is 12.2 Å². The fourth-order valence-electron chi connectivity index (χ4n) is 4.55. The number of halogens is 1. The van der Waals surface area contributed by atoms with E-state index in [1.165, 1.54) is 44.8 Å². The first-order valence-corrected chi connectivity index (χ1v) is 16.1. The number of fused-ring (bicyclic) bond motifs is 5. The summed E-state index contributed by atoms with van der Waals surface area (Å²) in [6, 6.07) is 23.9. The number of hydrogen-bond donors (Lipinski definition) is 0. The van der Waals surface area contributed by atoms with Gasteiger partial charge in [0.2, 0.25) is 0 Å². The molecule has 134 valence electrons. The van der Waals surface area contributed by atoms with Crippen LogP contribution >= 0.6 is 24.8 Å². The van der Waals surface area contributed by atoms with Crippen molar-refractivity contribution in [3.05, 3.63) is 97.1 Å². The van der Waals surface area contributed by atoms with Crippen LogP contribution in [0.4, 0.5) is 0 Å². The van der Waals surface area contributed by atoms with E-state index in [1.54, 1.807) is 0 Å². The quantitative estimate of drug-likeness (QED) is 0.365. The fourth-order valence-corrected chi connectivity index (χ4v) is 13.9. The van der Waals surface area contributed by atoms with E-state index in [4.69, 9.17) is 13.6 Å². The van der Waals surface area contributed by atoms with Crippen LogP contribution in [0.2, 0.25) is 0 Å². The van der Waals surface area contributed by atoms with Crippen molar-refractivity contribution in [2.45, 2.75) is 11.4 Å². The van der Waals surface area contributed by atoms with Gasteiger partial charge in [0, 0.05) is 0 Å². The summed E-state index contributed by atoms with van der Waals surface area (Å²) >= 11 is 1.27. The summed E-state index contributed by atoms with van der Waals surface area (Å²) in [6.07, 6.45) is 3.27. The van der Waals surface area contributed by atoms with E-state index in [0.29, 0.717) is 0 Å². The molecule has 4 heteroatoms. The van der Waals surface area contributed by atoms with Gasteiger partial charge in [0.15, 0.2) is 0 Å². The molecule has 0 spiro atoms. The summed E-state index contributed by atoms with van der Waals surface area (Å²) in [6.45, 7) is 0. The Morgan fingerprint density at radius 2 is 1.71 bits per heavy atom. The maximum absolute atomic E-state index is 6.32. The molecule has 6 rings (SSSR count). The summed E-state index contributed by atoms with van der Waals surface area (Å²) in [4.78, 5) is 0. The molecule has 3 aromatic rings. The maximum atomic E-state index is 6.32. The third-order valence-corrected chi connectivity index (χ3v) is 15.0. The van der Waals surface area contributed by atoms with Crippen molar-refractivity contribution in [2.75, 3.05) is 0 Å². The molecule has 1 nitrogen and oxygen atoms in total. The van der Waals surface area contributed by atoms with E-state index in [2.05, 4.69) is 88.7 Å². The van der Waals surface area contributed by atoms with Crippen molar-refractivity contribution in [2.24, 2.45) is 0 Å². The first-order chi connectivity index (χ1) is 13.7. The Balaban J connectivity index is 1.53. The Morgan fingerprint density at radius 3 is 2.64 bits per heavy atom. The predicted octanol–water partition coefficient (Wildman–Crippen LogP) is 4.22. The van der Waals surface area contributed by atoms with Crippen LogP contribution in [0, 0.1) is 0 Å². The molecule has 0 saturated heterocycles. The minimum absolute atomic E-state index is 0.0892. The Kier molecular flexibility index (Phi) is 4.05. The van der Waals surface area contributed by atoms with Crippen LogP contribution in [0.5, 0.6) is 0 Å². The predicted molar refractivity (Wildman–Crippen MR) is 116 cm³/mol. The Labute approximate surface area is 182 Å². The average molecular weight is 523 g/mol. The molecule has 3 aliphatic rings. The van der Waals surface area contributed by atoms with Crippen molar-refractivity contribution in [1.29, 1.82) is 0 Å². The van der Waals surface area contributed by atoms with Crippen LogP contribution < -0.4 is 13.7 Å². The minimum atomic E-state index is -2.51. The second-order valence-electron chi connectivity index (χ2n) is 7.32. The molecule has 1 atom stereocenters. The molecule has 0 N–H and O–H groups in total. The van der Waals surface area contributed by atoms with Crippen molar-refractivity contribution >= 4 is 39.9 Å². The average Bonchev–Trinajstić information content (AvgIpc) is 3.36. The van der Waals surface area contributed by atoms with Gasteiger partial charge in [-0.3, -0.25) is 0 Å². The molecule has 0 aromatic heterocycles. The number of ether oxygens (including phenoxy) is 1. The molecule has 1 unspecified atom stereocenters. The first-order valence-electron chi connectivity index (χ1n) is 9.33. The second kappa shape index (κ2) is 6.52. The SMILES string of the molecule is [S]=[Zr]([C]1=C2C=c3ccccc3=C2OC1Br)[c]1cccc2c1Cc1ccccc1-2. The normalized spacial score (nSPS) is 18.2. The zero-order valence-electron chi connectivity index (χ0n) is 14.9. The fraction of sp³-hybridized carbons (Fsp3) is 0.0833. The van der Waals surface area contributed by atoms with E-state index in [-0.39, 0.29) is 5.01 Å². The Morgan fingerprint density at radius 1 is 0.929 bits per heavy atom. The van der Waals surface area contributed by atoms with Crippen molar-refractivity contribution < 1.29 is 24.4 Å². The molecular formula is C24H15BrOSZr. The summed E-state index contributed by atoms with van der Waals surface area (Å²) in [5.41, 5.74) is 6.84. The molecule has 0 saturated carbocycles. The number of benzene rings is 3. The van der Waals surface area contributed by atoms with Crippen LogP contribution in [0.15, 0.2) is 75.6 Å². The molecule has 1 aliphatic heterocycles. The van der Waals surface area contributed by atoms with E-state index < -0.39 is 19.7 Å². The van der Waals surface area contributed by atoms with Crippen LogP contribution in [-0.2, 0) is 30.9 Å². The van der Waals surface area contributed by atoms with Gasteiger partial charge in [0.1, 0.15) is 0 Å². The molecule has 0 fully saturated rings. The molecule has 1 heterocycles. The third kappa shape index (κ3) is 2.44. The molecule has 3 aromatic carbocycles. The van der Waals surface area contributed by atoms with Gasteiger partial charge in [-0.25, -0.2) is 0 Å². The van der Waals surface area contributed by atoms with Gasteiger partial charge in [-0.2, -0.15) is 0 Å². The Hall–Kier alpha value is -1.48. The molecule has 0 radical (unpaired) electrons. The summed E-state index contributed by atoms with van der Waals surface area (Å²) in [5.74, 6) is 1.01. The van der Waals surface area contributed by atoms with Crippen LogP contribution in [0.25, 0.3) is 23.0 Å². The molecule has 2 aliphatic carbocycles. The first kappa shape index (κ1) is 17.4. The van der Waals surface area contributed by atoms with Crippen LogP contribution in [-0.4, -0.2) is 5.01 Å². The van der Waals surface area contributed by atoms with E-state index >= 15 is 0 Å². The number of alkyl halides is 1. The van der Waals surface area contributed by atoms with Gasteiger partial charge in [-0.05, 0) is 0 Å². The van der Waals surface area contributed by atoms with Crippen molar-refractivity contribution in [1.82, 2.24) is 0 Å². The van der Waals surface area contributed by atoms with Crippen molar-refractivity contribution in [3.63, 3.8) is 0 Å². The Bertz CT molecular complexity index is 1360. The van der Waals surface area contributed by atoms with Gasteiger partial charge in [-0.15, -0.1) is 0 Å². The molecular weight excluding hydrogens is 507 g/mol. The topological polar surface area (TPSA) is 9.23 Å². The zero-order valence-corrected chi connectivity index (χ0v) is 19.8. The monoisotopic (exact) mass is 520 g/mol. The molecule has 0 bridgehead atoms. The zero-order chi connectivity index (χ0) is 18.8. The summed E-state index contributed by atoms with van der Waals surface area (Å²) in [5, 5.41) is 2.34. The second-order valence-corrected chi connectivity index (χ2v) is 14.8. The van der Waals surface area contributed by atoms with E-state index in [1.807, 2.05) is 0 Å². The van der Waals surface area contributed by atoms with Crippen molar-refractivity contribution in [3.8, 4) is 11.1 Å². The van der Waals surface area contributed by atoms with E-state index in [9.17, 15) is 0 Å². The number of rotatable bonds is 2. The van der Waals surface area contributed by atoms with Gasteiger partial charge < -0.3 is 0 Å². The van der Waals surface area contributed by atoms with Gasteiger partial charge in [0.05, 0.1) is 0 Å².